The zero-order valence-corrected chi connectivity index (χ0v) is 34.7. The second-order valence-corrected chi connectivity index (χ2v) is 13.6. The zero-order chi connectivity index (χ0) is 31.2. The van der Waals surface area contributed by atoms with Gasteiger partial charge in [-0.25, -0.2) is 9.46 Å². The van der Waals surface area contributed by atoms with E-state index in [1.165, 1.54) is 88.1 Å². The molecule has 0 spiro atoms. The van der Waals surface area contributed by atoms with Gasteiger partial charge in [-0.3, -0.25) is 14.3 Å². The van der Waals surface area contributed by atoms with Crippen LogP contribution >= 0.6 is 89.5 Å². The zero-order valence-electron chi connectivity index (χ0n) is 29.8. The van der Waals surface area contributed by atoms with Crippen LogP contribution in [0.25, 0.3) is 0 Å². The van der Waals surface area contributed by atoms with Gasteiger partial charge in [0, 0.05) is 52.0 Å². The molecule has 0 amide bonds. The Morgan fingerprint density at radius 1 is 1.04 bits per heavy atom. The number of methoxy groups -OCH3 is 1. The van der Waals surface area contributed by atoms with Crippen molar-refractivity contribution in [1.82, 2.24) is 19.5 Å². The number of aliphatic hydroxyl groups is 2. The van der Waals surface area contributed by atoms with Crippen LogP contribution in [-0.2, 0) is 18.5 Å². The maximum Gasteiger partial charge on any atom is 0.330 e. The topological polar surface area (TPSA) is 148 Å². The number of aromatic nitrogens is 2. The first kappa shape index (κ1) is 46.9. The smallest absolute Gasteiger partial charge is 0.330 e. The largest absolute Gasteiger partial charge is 0.400 e. The molecule has 0 bridgehead atoms. The maximum absolute atomic E-state index is 12.3. The molecule has 4 N–H and O–H groups in total. The van der Waals surface area contributed by atoms with Crippen molar-refractivity contribution >= 4 is 89.5 Å². The summed E-state index contributed by atoms with van der Waals surface area (Å²) in [5.74, 6) is 1.60. The second kappa shape index (κ2) is 24.3. The first-order valence-electron chi connectivity index (χ1n) is 16.6. The molecule has 2 aliphatic carbocycles. The van der Waals surface area contributed by atoms with Gasteiger partial charge in [0.1, 0.15) is 12.2 Å². The highest BCUT2D eigenvalue weighted by Crippen LogP contribution is 2.60. The van der Waals surface area contributed by atoms with Crippen LogP contribution in [0.2, 0.25) is 0 Å². The van der Waals surface area contributed by atoms with E-state index in [2.05, 4.69) is 20.1 Å². The summed E-state index contributed by atoms with van der Waals surface area (Å²) in [7, 11) is 1.57. The van der Waals surface area contributed by atoms with E-state index in [0.29, 0.717) is 31.3 Å². The standard InChI is InChI=1S/C19H28N3O6P.C9H17NO.CH4O.6H2S/c1-11-16(17(25-2)18(27-11)21-8-7-15(23)20-19(21)24)28-29-22-13(10-26-29)9-12-5-3-4-6-14(12)22;11-6-8-5-7-3-1-2-4-9(7)10-8;1-2;;;;;;/h7-8,11-14,16-18H,3-6,9-10H2,1-2H3,(H,20,23,24);7-11H,1-6H2;2H,1H3;6*1H2/t11?,12-,13-,14-,16?,17?,18?,29+;7-,8-,9-;;;;;;;/m00......./s1/i1D;;2T;;;;;;. The van der Waals surface area contributed by atoms with Crippen molar-refractivity contribution < 1.29 is 30.1 Å². The summed E-state index contributed by atoms with van der Waals surface area (Å²) in [6, 6.07) is 3.32. The minimum Gasteiger partial charge on any atom is -0.400 e. The Morgan fingerprint density at radius 3 is 2.33 bits per heavy atom. The Bertz CT molecular complexity index is 1180. The Hall–Kier alpha value is 0.890. The molecule has 6 fully saturated rings. The second-order valence-electron chi connectivity index (χ2n) is 12.2. The van der Waals surface area contributed by atoms with Gasteiger partial charge >= 0.3 is 5.69 Å². The van der Waals surface area contributed by atoms with Crippen LogP contribution in [0.4, 0.5) is 0 Å². The fourth-order valence-electron chi connectivity index (χ4n) is 7.85. The van der Waals surface area contributed by atoms with Gasteiger partial charge in [0.2, 0.25) is 1.43 Å². The Kier molecular flexibility index (Phi) is 23.7. The van der Waals surface area contributed by atoms with Crippen LogP contribution in [0.5, 0.6) is 0 Å². The molecule has 4 aliphatic heterocycles. The maximum atomic E-state index is 12.3. The predicted molar refractivity (Wildman–Crippen MR) is 220 cm³/mol. The van der Waals surface area contributed by atoms with Crippen LogP contribution < -0.4 is 16.6 Å². The lowest BCUT2D eigenvalue weighted by Gasteiger charge is -2.34. The highest BCUT2D eigenvalue weighted by atomic mass is 32.1. The molecule has 1 aromatic rings. The highest BCUT2D eigenvalue weighted by molar-refractivity contribution is 7.60. The fourth-order valence-corrected chi connectivity index (χ4v) is 9.89. The van der Waals surface area contributed by atoms with Gasteiger partial charge in [-0.15, -0.1) is 0 Å². The van der Waals surface area contributed by atoms with Gasteiger partial charge in [0.05, 0.1) is 19.3 Å². The first-order valence-corrected chi connectivity index (χ1v) is 16.6. The summed E-state index contributed by atoms with van der Waals surface area (Å²) < 4.78 is 41.6. The minimum atomic E-state index is -1.26. The van der Waals surface area contributed by atoms with E-state index in [1.54, 1.807) is 7.11 Å². The molecule has 7 rings (SSSR count). The number of aliphatic hydroxyl groups excluding tert-OH is 2. The van der Waals surface area contributed by atoms with E-state index >= 15 is 0 Å². The minimum absolute atomic E-state index is 0. The van der Waals surface area contributed by atoms with Gasteiger partial charge in [-0.1, -0.05) is 25.7 Å². The van der Waals surface area contributed by atoms with Crippen molar-refractivity contribution in [3.8, 4) is 0 Å². The molecule has 19 heteroatoms. The van der Waals surface area contributed by atoms with Gasteiger partial charge in [0.25, 0.3) is 14.1 Å². The van der Waals surface area contributed by atoms with Gasteiger partial charge in [-0.2, -0.15) is 81.0 Å². The van der Waals surface area contributed by atoms with E-state index < -0.39 is 44.3 Å². The Labute approximate surface area is 331 Å². The molecule has 1 aromatic heterocycles. The highest BCUT2D eigenvalue weighted by Gasteiger charge is 2.54. The van der Waals surface area contributed by atoms with Crippen molar-refractivity contribution in [2.45, 2.75) is 120 Å². The number of rotatable bonds is 5. The average molecular weight is 820 g/mol. The molecule has 286 valence electrons. The number of nitrogens with one attached hydrogen (secondary N) is 2. The number of hydrogen-bond donors (Lipinski definition) is 4. The number of ether oxygens (including phenoxy) is 2. The monoisotopic (exact) mass is 819 g/mol. The fraction of sp³-hybridized carbons (Fsp3) is 0.862. The lowest BCUT2D eigenvalue weighted by Crippen LogP contribution is -2.40. The number of hydrogen-bond acceptors (Lipinski definition) is 10. The van der Waals surface area contributed by atoms with E-state index in [-0.39, 0.29) is 87.9 Å². The molecule has 48 heavy (non-hydrogen) atoms. The van der Waals surface area contributed by atoms with E-state index in [1.807, 2.05) is 0 Å². The van der Waals surface area contributed by atoms with Crippen LogP contribution in [0.15, 0.2) is 21.9 Å². The molecule has 0 radical (unpaired) electrons. The predicted octanol–water partition coefficient (Wildman–Crippen LogP) is 2.93. The van der Waals surface area contributed by atoms with Crippen molar-refractivity contribution in [2.24, 2.45) is 11.8 Å². The number of H-pyrrole nitrogens is 1. The molecule has 5 heterocycles. The van der Waals surface area contributed by atoms with Crippen LogP contribution in [0.3, 0.4) is 0 Å². The van der Waals surface area contributed by atoms with Gasteiger partial charge in [-0.05, 0) is 57.3 Å². The summed E-state index contributed by atoms with van der Waals surface area (Å²) in [5.41, 5.74) is -1.05. The molecular weight excluding hydrogens is 756 g/mol. The molecule has 2 saturated carbocycles. The number of aromatic amines is 1. The van der Waals surface area contributed by atoms with E-state index in [4.69, 9.17) is 26.4 Å². The van der Waals surface area contributed by atoms with Crippen molar-refractivity contribution in [3.05, 3.63) is 33.1 Å². The third kappa shape index (κ3) is 11.4. The van der Waals surface area contributed by atoms with Crippen molar-refractivity contribution in [2.75, 3.05) is 27.4 Å². The van der Waals surface area contributed by atoms with E-state index in [0.717, 1.165) is 17.9 Å². The van der Waals surface area contributed by atoms with Crippen molar-refractivity contribution in [3.63, 3.8) is 0 Å². The lowest BCUT2D eigenvalue weighted by atomic mass is 9.85. The molecule has 6 aliphatic rings. The van der Waals surface area contributed by atoms with Crippen LogP contribution in [-0.4, -0.2) is 95.8 Å². The molecule has 12 nitrogen and oxygen atoms in total. The quantitative estimate of drug-likeness (QED) is 0.328. The number of nitrogens with zero attached hydrogens (tertiary/aromatic N) is 2. The van der Waals surface area contributed by atoms with Gasteiger partial charge in [0.15, 0.2) is 6.23 Å². The lowest BCUT2D eigenvalue weighted by molar-refractivity contribution is -0.0508. The third-order valence-electron chi connectivity index (χ3n) is 9.78. The van der Waals surface area contributed by atoms with Crippen LogP contribution in [0.1, 0.15) is 78.7 Å². The molecule has 11 atom stereocenters. The summed E-state index contributed by atoms with van der Waals surface area (Å²) >= 11 is 0. The first-order chi connectivity index (χ1) is 21.4. The molecule has 0 aromatic carbocycles. The average Bonchev–Trinajstić information content (AvgIpc) is 3.79. The molecular formula is C29H61N4O8PS6. The third-order valence-corrected chi connectivity index (χ3v) is 11.6. The Morgan fingerprint density at radius 2 is 1.71 bits per heavy atom. The summed E-state index contributed by atoms with van der Waals surface area (Å²) in [5, 5.41) is 15.9. The SMILES string of the molecule is OC[C@@H]1C[C@@H]2CCCC[C@@H]2N1.S.S.S.S.S.S.[2H]CC1OC(n2ccc(=O)[nH]c2=O)C(OC)C1O[P@@]1OC[C@@H]2C[C@@H]3CCCC[C@@H]3N21.[3H]OC. The summed E-state index contributed by atoms with van der Waals surface area (Å²) in [6.45, 7) is 0.975. The van der Waals surface area contributed by atoms with Gasteiger partial charge < -0.3 is 34.1 Å². The summed E-state index contributed by atoms with van der Waals surface area (Å²) in [4.78, 5) is 26.0. The normalized spacial score (nSPS) is 36.2. The van der Waals surface area contributed by atoms with Crippen LogP contribution in [0, 0.1) is 11.8 Å². The Balaban J connectivity index is 0. The molecule has 4 saturated heterocycles. The molecule has 4 unspecified atom stereocenters. The number of fused-ring (bicyclic) bond motifs is 4. The summed E-state index contributed by atoms with van der Waals surface area (Å²) in [6.07, 6.45) is 11.8. The van der Waals surface area contributed by atoms with E-state index in [9.17, 15) is 9.59 Å². The van der Waals surface area contributed by atoms with Crippen molar-refractivity contribution in [1.29, 1.82) is 1.43 Å².